The van der Waals surface area contributed by atoms with Crippen LogP contribution in [0.25, 0.3) is 0 Å². The number of anilines is 1. The normalized spacial score (nSPS) is 25.4. The van der Waals surface area contributed by atoms with Gasteiger partial charge in [-0.2, -0.15) is 4.98 Å². The highest BCUT2D eigenvalue weighted by Crippen LogP contribution is 2.30. The molecule has 5 heteroatoms. The molecular formula is C11H16ClN3O. The fourth-order valence-electron chi connectivity index (χ4n) is 2.10. The maximum absolute atomic E-state index is 5.80. The lowest BCUT2D eigenvalue weighted by molar-refractivity contribution is 0.124. The smallest absolute Gasteiger partial charge is 0.242 e. The van der Waals surface area contributed by atoms with Gasteiger partial charge in [0.1, 0.15) is 18.1 Å². The highest BCUT2D eigenvalue weighted by atomic mass is 35.5. The summed E-state index contributed by atoms with van der Waals surface area (Å²) in [5.41, 5.74) is 6.09. The first-order valence-corrected chi connectivity index (χ1v) is 5.97. The summed E-state index contributed by atoms with van der Waals surface area (Å²) >= 11 is 5.80. The number of nitrogen functional groups attached to an aromatic ring is 1. The minimum Gasteiger partial charge on any atom is -0.473 e. The van der Waals surface area contributed by atoms with E-state index >= 15 is 0 Å². The van der Waals surface area contributed by atoms with Crippen LogP contribution in [0.1, 0.15) is 32.6 Å². The Morgan fingerprint density at radius 1 is 1.44 bits per heavy atom. The first-order valence-electron chi connectivity index (χ1n) is 5.59. The van der Waals surface area contributed by atoms with Crippen LogP contribution >= 0.6 is 11.6 Å². The lowest BCUT2D eigenvalue weighted by Crippen LogP contribution is -2.24. The van der Waals surface area contributed by atoms with Crippen molar-refractivity contribution in [2.75, 3.05) is 5.73 Å². The average Bonchev–Trinajstić information content (AvgIpc) is 2.25. The van der Waals surface area contributed by atoms with Crippen molar-refractivity contribution in [1.82, 2.24) is 9.97 Å². The van der Waals surface area contributed by atoms with Crippen LogP contribution in [0.15, 0.2) is 6.33 Å². The third kappa shape index (κ3) is 2.55. The van der Waals surface area contributed by atoms with Gasteiger partial charge in [-0.05, 0) is 25.2 Å². The molecule has 2 rings (SSSR count). The molecule has 16 heavy (non-hydrogen) atoms. The molecular weight excluding hydrogens is 226 g/mol. The van der Waals surface area contributed by atoms with Crippen molar-refractivity contribution >= 4 is 17.3 Å². The van der Waals surface area contributed by atoms with Crippen LogP contribution in [0.4, 0.5) is 5.69 Å². The van der Waals surface area contributed by atoms with Gasteiger partial charge in [0.15, 0.2) is 5.15 Å². The van der Waals surface area contributed by atoms with Gasteiger partial charge in [0, 0.05) is 0 Å². The van der Waals surface area contributed by atoms with Crippen molar-refractivity contribution in [3.8, 4) is 5.88 Å². The van der Waals surface area contributed by atoms with Crippen molar-refractivity contribution in [1.29, 1.82) is 0 Å². The minimum atomic E-state index is 0.206. The summed E-state index contributed by atoms with van der Waals surface area (Å²) in [7, 11) is 0. The number of nitrogens with two attached hydrogens (primary N) is 1. The number of nitrogens with zero attached hydrogens (tertiary/aromatic N) is 2. The monoisotopic (exact) mass is 241 g/mol. The topological polar surface area (TPSA) is 61.0 Å². The van der Waals surface area contributed by atoms with Crippen molar-refractivity contribution in [2.45, 2.75) is 38.7 Å². The molecule has 1 saturated carbocycles. The standard InChI is InChI=1S/C11H16ClN3O/c1-7-3-2-4-8(5-7)16-11-9(13)10(12)14-6-15-11/h6-8H,2-5,13H2,1H3. The molecule has 1 fully saturated rings. The summed E-state index contributed by atoms with van der Waals surface area (Å²) in [4.78, 5) is 7.81. The van der Waals surface area contributed by atoms with Gasteiger partial charge in [0.05, 0.1) is 0 Å². The summed E-state index contributed by atoms with van der Waals surface area (Å²) in [5.74, 6) is 1.12. The SMILES string of the molecule is CC1CCCC(Oc2ncnc(Cl)c2N)C1. The molecule has 1 aliphatic rings. The lowest BCUT2D eigenvalue weighted by atomic mass is 9.89. The van der Waals surface area contributed by atoms with E-state index in [1.165, 1.54) is 19.2 Å². The van der Waals surface area contributed by atoms with Crippen LogP contribution in [0.2, 0.25) is 5.15 Å². The lowest BCUT2D eigenvalue weighted by Gasteiger charge is -2.27. The molecule has 1 aromatic rings. The molecule has 1 aromatic heterocycles. The predicted molar refractivity (Wildman–Crippen MR) is 63.5 cm³/mol. The molecule has 2 atom stereocenters. The maximum atomic E-state index is 5.80. The van der Waals surface area contributed by atoms with Gasteiger partial charge in [-0.25, -0.2) is 4.98 Å². The molecule has 0 spiro atoms. The van der Waals surface area contributed by atoms with E-state index in [4.69, 9.17) is 22.1 Å². The Bertz CT molecular complexity index is 372. The minimum absolute atomic E-state index is 0.206. The molecule has 2 unspecified atom stereocenters. The van der Waals surface area contributed by atoms with E-state index in [-0.39, 0.29) is 11.3 Å². The molecule has 0 radical (unpaired) electrons. The van der Waals surface area contributed by atoms with Gasteiger partial charge in [0.25, 0.3) is 0 Å². The van der Waals surface area contributed by atoms with Gasteiger partial charge in [0.2, 0.25) is 5.88 Å². The van der Waals surface area contributed by atoms with Crippen LogP contribution in [0.5, 0.6) is 5.88 Å². The molecule has 0 aliphatic heterocycles. The Kier molecular flexibility index (Phi) is 3.49. The van der Waals surface area contributed by atoms with Gasteiger partial charge >= 0.3 is 0 Å². The van der Waals surface area contributed by atoms with Crippen LogP contribution in [0.3, 0.4) is 0 Å². The Labute approximate surface area is 100 Å². The van der Waals surface area contributed by atoms with E-state index in [0.29, 0.717) is 17.5 Å². The van der Waals surface area contributed by atoms with E-state index < -0.39 is 0 Å². The summed E-state index contributed by atoms with van der Waals surface area (Å²) in [6, 6.07) is 0. The van der Waals surface area contributed by atoms with Gasteiger partial charge < -0.3 is 10.5 Å². The molecule has 1 aliphatic carbocycles. The number of aromatic nitrogens is 2. The van der Waals surface area contributed by atoms with Crippen molar-refractivity contribution in [3.63, 3.8) is 0 Å². The van der Waals surface area contributed by atoms with Crippen molar-refractivity contribution < 1.29 is 4.74 Å². The molecule has 0 amide bonds. The predicted octanol–water partition coefficient (Wildman–Crippen LogP) is 2.67. The second-order valence-corrected chi connectivity index (χ2v) is 4.75. The highest BCUT2D eigenvalue weighted by Gasteiger charge is 2.21. The quantitative estimate of drug-likeness (QED) is 0.809. The van der Waals surface area contributed by atoms with Gasteiger partial charge in [-0.3, -0.25) is 0 Å². The largest absolute Gasteiger partial charge is 0.473 e. The number of rotatable bonds is 2. The molecule has 1 heterocycles. The van der Waals surface area contributed by atoms with E-state index in [1.54, 1.807) is 0 Å². The third-order valence-corrected chi connectivity index (χ3v) is 3.27. The molecule has 2 N–H and O–H groups in total. The molecule has 4 nitrogen and oxygen atoms in total. The van der Waals surface area contributed by atoms with Crippen LogP contribution < -0.4 is 10.5 Å². The Hall–Kier alpha value is -1.03. The van der Waals surface area contributed by atoms with E-state index in [9.17, 15) is 0 Å². The molecule has 88 valence electrons. The fraction of sp³-hybridized carbons (Fsp3) is 0.636. The van der Waals surface area contributed by atoms with Crippen molar-refractivity contribution in [3.05, 3.63) is 11.5 Å². The van der Waals surface area contributed by atoms with E-state index in [0.717, 1.165) is 12.8 Å². The van der Waals surface area contributed by atoms with Gasteiger partial charge in [-0.15, -0.1) is 0 Å². The van der Waals surface area contributed by atoms with Crippen LogP contribution in [0, 0.1) is 5.92 Å². The number of hydrogen-bond donors (Lipinski definition) is 1. The number of hydrogen-bond acceptors (Lipinski definition) is 4. The van der Waals surface area contributed by atoms with Crippen LogP contribution in [-0.4, -0.2) is 16.1 Å². The van der Waals surface area contributed by atoms with Gasteiger partial charge in [-0.1, -0.05) is 24.9 Å². The zero-order chi connectivity index (χ0) is 11.5. The number of halogens is 1. The zero-order valence-electron chi connectivity index (χ0n) is 9.32. The Balaban J connectivity index is 2.05. The van der Waals surface area contributed by atoms with E-state index in [1.807, 2.05) is 0 Å². The summed E-state index contributed by atoms with van der Waals surface area (Å²) in [6.07, 6.45) is 6.17. The number of ether oxygens (including phenoxy) is 1. The highest BCUT2D eigenvalue weighted by molar-refractivity contribution is 6.32. The van der Waals surface area contributed by atoms with E-state index in [2.05, 4.69) is 16.9 Å². The Morgan fingerprint density at radius 3 is 3.00 bits per heavy atom. The molecule has 0 saturated heterocycles. The maximum Gasteiger partial charge on any atom is 0.242 e. The zero-order valence-corrected chi connectivity index (χ0v) is 10.1. The average molecular weight is 242 g/mol. The third-order valence-electron chi connectivity index (χ3n) is 2.97. The first-order chi connectivity index (χ1) is 7.66. The second-order valence-electron chi connectivity index (χ2n) is 4.39. The summed E-state index contributed by atoms with van der Waals surface area (Å²) in [6.45, 7) is 2.24. The first kappa shape index (κ1) is 11.5. The fourth-order valence-corrected chi connectivity index (χ4v) is 2.22. The van der Waals surface area contributed by atoms with Crippen LogP contribution in [-0.2, 0) is 0 Å². The summed E-state index contributed by atoms with van der Waals surface area (Å²) in [5, 5.41) is 0.258. The molecule has 0 aromatic carbocycles. The Morgan fingerprint density at radius 2 is 2.25 bits per heavy atom. The molecule has 0 bridgehead atoms. The second kappa shape index (κ2) is 4.87. The summed E-state index contributed by atoms with van der Waals surface area (Å²) < 4.78 is 5.78. The van der Waals surface area contributed by atoms with Crippen molar-refractivity contribution in [2.24, 2.45) is 5.92 Å².